The highest BCUT2D eigenvalue weighted by Crippen LogP contribution is 2.23. The predicted octanol–water partition coefficient (Wildman–Crippen LogP) is 1.22. The van der Waals surface area contributed by atoms with Crippen molar-refractivity contribution in [3.63, 3.8) is 0 Å². The first-order chi connectivity index (χ1) is 13.2. The molecule has 0 N–H and O–H groups in total. The zero-order chi connectivity index (χ0) is 18.6. The molecule has 1 aromatic heterocycles. The Morgan fingerprint density at radius 2 is 1.37 bits per heavy atom. The third-order valence-corrected chi connectivity index (χ3v) is 5.22. The van der Waals surface area contributed by atoms with Crippen molar-refractivity contribution in [2.45, 2.75) is 0 Å². The van der Waals surface area contributed by atoms with E-state index < -0.39 is 0 Å². The van der Waals surface area contributed by atoms with Crippen LogP contribution >= 0.6 is 0 Å². The van der Waals surface area contributed by atoms with Crippen LogP contribution in [0, 0.1) is 5.82 Å². The monoisotopic (exact) mass is 370 g/mol. The molecule has 27 heavy (non-hydrogen) atoms. The quantitative estimate of drug-likeness (QED) is 0.755. The number of anilines is 3. The fraction of sp³-hybridized carbons (Fsp3) is 0.421. The number of aromatic nitrogens is 2. The molecular formula is C19H23FN6O. The molecule has 2 fully saturated rings. The van der Waals surface area contributed by atoms with E-state index in [-0.39, 0.29) is 5.82 Å². The second-order valence-corrected chi connectivity index (χ2v) is 6.79. The van der Waals surface area contributed by atoms with Crippen molar-refractivity contribution in [2.24, 2.45) is 0 Å². The summed E-state index contributed by atoms with van der Waals surface area (Å²) in [6.45, 7) is 6.03. The predicted molar refractivity (Wildman–Crippen MR) is 103 cm³/mol. The average molecular weight is 370 g/mol. The fourth-order valence-electron chi connectivity index (χ4n) is 3.62. The Balaban J connectivity index is 1.40. The Morgan fingerprint density at radius 3 is 1.96 bits per heavy atom. The summed E-state index contributed by atoms with van der Waals surface area (Å²) in [6, 6.07) is 8.92. The van der Waals surface area contributed by atoms with Gasteiger partial charge in [0.05, 0.1) is 5.69 Å². The van der Waals surface area contributed by atoms with E-state index in [0.29, 0.717) is 18.8 Å². The summed E-state index contributed by atoms with van der Waals surface area (Å²) in [7, 11) is 0. The van der Waals surface area contributed by atoms with Crippen molar-refractivity contribution >= 4 is 23.7 Å². The van der Waals surface area contributed by atoms with Gasteiger partial charge in [0.1, 0.15) is 23.8 Å². The van der Waals surface area contributed by atoms with Gasteiger partial charge in [-0.2, -0.15) is 0 Å². The lowest BCUT2D eigenvalue weighted by molar-refractivity contribution is -0.118. The third kappa shape index (κ3) is 3.79. The van der Waals surface area contributed by atoms with Gasteiger partial charge < -0.3 is 19.6 Å². The molecule has 3 heterocycles. The van der Waals surface area contributed by atoms with Crippen LogP contribution in [0.5, 0.6) is 0 Å². The van der Waals surface area contributed by atoms with E-state index in [9.17, 15) is 9.18 Å². The van der Waals surface area contributed by atoms with E-state index in [1.165, 1.54) is 6.07 Å². The van der Waals surface area contributed by atoms with E-state index in [1.54, 1.807) is 17.3 Å². The van der Waals surface area contributed by atoms with E-state index in [4.69, 9.17) is 0 Å². The molecule has 4 rings (SSSR count). The second kappa shape index (κ2) is 7.77. The van der Waals surface area contributed by atoms with Crippen molar-refractivity contribution < 1.29 is 9.18 Å². The molecule has 0 atom stereocenters. The minimum Gasteiger partial charge on any atom is -0.366 e. The number of hydrogen-bond donors (Lipinski definition) is 0. The van der Waals surface area contributed by atoms with E-state index >= 15 is 0 Å². The van der Waals surface area contributed by atoms with E-state index in [1.807, 2.05) is 18.2 Å². The zero-order valence-corrected chi connectivity index (χ0v) is 15.2. The van der Waals surface area contributed by atoms with Crippen LogP contribution < -0.4 is 14.7 Å². The lowest BCUT2D eigenvalue weighted by Gasteiger charge is -2.37. The van der Waals surface area contributed by atoms with Crippen molar-refractivity contribution in [3.8, 4) is 0 Å². The summed E-state index contributed by atoms with van der Waals surface area (Å²) in [6.07, 6.45) is 2.50. The number of nitrogens with zero attached hydrogens (tertiary/aromatic N) is 6. The Labute approximate surface area is 158 Å². The van der Waals surface area contributed by atoms with Gasteiger partial charge in [-0.05, 0) is 12.1 Å². The normalized spacial score (nSPS) is 18.0. The van der Waals surface area contributed by atoms with E-state index in [2.05, 4.69) is 24.7 Å². The number of rotatable bonds is 4. The van der Waals surface area contributed by atoms with Crippen molar-refractivity contribution in [1.29, 1.82) is 0 Å². The molecule has 142 valence electrons. The molecule has 0 aliphatic carbocycles. The second-order valence-electron chi connectivity index (χ2n) is 6.79. The maximum Gasteiger partial charge on any atom is 0.209 e. The number of amides is 1. The molecule has 7 nitrogen and oxygen atoms in total. The van der Waals surface area contributed by atoms with Crippen LogP contribution in [0.1, 0.15) is 0 Å². The van der Waals surface area contributed by atoms with Crippen molar-refractivity contribution in [1.82, 2.24) is 14.9 Å². The first-order valence-corrected chi connectivity index (χ1v) is 9.25. The molecule has 2 aliphatic heterocycles. The molecule has 1 amide bonds. The van der Waals surface area contributed by atoms with Gasteiger partial charge in [0.25, 0.3) is 0 Å². The Kier molecular flexibility index (Phi) is 5.04. The molecule has 1 aromatic carbocycles. The Bertz CT molecular complexity index is 787. The SMILES string of the molecule is O=CN1CCN(c2cc(N3CCN(c4ccccc4F)CC3)ncn2)CC1. The summed E-state index contributed by atoms with van der Waals surface area (Å²) >= 11 is 0. The number of para-hydroxylation sites is 1. The Hall–Kier alpha value is -2.90. The maximum atomic E-state index is 14.0. The van der Waals surface area contributed by atoms with Crippen molar-refractivity contribution in [3.05, 3.63) is 42.5 Å². The molecule has 0 radical (unpaired) electrons. The number of hydrogen-bond acceptors (Lipinski definition) is 6. The number of piperazine rings is 2. The number of carbonyl (C=O) groups is 1. The largest absolute Gasteiger partial charge is 0.366 e. The van der Waals surface area contributed by atoms with Gasteiger partial charge in [-0.3, -0.25) is 4.79 Å². The molecule has 0 spiro atoms. The number of halogens is 1. The van der Waals surface area contributed by atoms with Gasteiger partial charge in [0.2, 0.25) is 6.41 Å². The number of carbonyl (C=O) groups excluding carboxylic acids is 1. The maximum absolute atomic E-state index is 14.0. The minimum atomic E-state index is -0.176. The van der Waals surface area contributed by atoms with Crippen LogP contribution in [0.4, 0.5) is 21.7 Å². The summed E-state index contributed by atoms with van der Waals surface area (Å²) in [5.41, 5.74) is 0.661. The van der Waals surface area contributed by atoms with Crippen LogP contribution in [0.2, 0.25) is 0 Å². The third-order valence-electron chi connectivity index (χ3n) is 5.22. The molecule has 8 heteroatoms. The van der Waals surface area contributed by atoms with Gasteiger partial charge in [-0.25, -0.2) is 14.4 Å². The first-order valence-electron chi connectivity index (χ1n) is 9.25. The summed E-state index contributed by atoms with van der Waals surface area (Å²) in [5.74, 6) is 1.61. The molecule has 0 bridgehead atoms. The topological polar surface area (TPSA) is 55.8 Å². The summed E-state index contributed by atoms with van der Waals surface area (Å²) < 4.78 is 14.0. The van der Waals surface area contributed by atoms with Gasteiger partial charge in [0, 0.05) is 58.4 Å². The molecule has 2 aliphatic rings. The Morgan fingerprint density at radius 1 is 0.815 bits per heavy atom. The summed E-state index contributed by atoms with van der Waals surface area (Å²) in [4.78, 5) is 27.9. The molecule has 2 aromatic rings. The number of benzene rings is 1. The highest BCUT2D eigenvalue weighted by molar-refractivity contribution is 5.54. The van der Waals surface area contributed by atoms with Gasteiger partial charge in [-0.1, -0.05) is 12.1 Å². The van der Waals surface area contributed by atoms with Crippen LogP contribution in [0.3, 0.4) is 0 Å². The average Bonchev–Trinajstić information content (AvgIpc) is 2.74. The summed E-state index contributed by atoms with van der Waals surface area (Å²) in [5, 5.41) is 0. The van der Waals surface area contributed by atoms with Crippen LogP contribution in [0.25, 0.3) is 0 Å². The smallest absolute Gasteiger partial charge is 0.209 e. The van der Waals surface area contributed by atoms with Crippen molar-refractivity contribution in [2.75, 3.05) is 67.1 Å². The van der Waals surface area contributed by atoms with Crippen LogP contribution in [-0.2, 0) is 4.79 Å². The molecular weight excluding hydrogens is 347 g/mol. The highest BCUT2D eigenvalue weighted by atomic mass is 19.1. The van der Waals surface area contributed by atoms with Crippen LogP contribution in [0.15, 0.2) is 36.7 Å². The highest BCUT2D eigenvalue weighted by Gasteiger charge is 2.22. The minimum absolute atomic E-state index is 0.176. The zero-order valence-electron chi connectivity index (χ0n) is 15.2. The fourth-order valence-corrected chi connectivity index (χ4v) is 3.62. The standard InChI is InChI=1S/C19H23FN6O/c20-16-3-1-2-4-17(16)24-9-11-26(12-10-24)19-13-18(21-14-22-19)25-7-5-23(15-27)6-8-25/h1-4,13-15H,5-12H2. The van der Waals surface area contributed by atoms with Gasteiger partial charge >= 0.3 is 0 Å². The molecule has 0 saturated carbocycles. The van der Waals surface area contributed by atoms with E-state index in [0.717, 1.165) is 57.3 Å². The lowest BCUT2D eigenvalue weighted by atomic mass is 10.2. The lowest BCUT2D eigenvalue weighted by Crippen LogP contribution is -2.47. The molecule has 0 unspecified atom stereocenters. The van der Waals surface area contributed by atoms with Gasteiger partial charge in [0.15, 0.2) is 0 Å². The van der Waals surface area contributed by atoms with Crippen LogP contribution in [-0.4, -0.2) is 73.6 Å². The first kappa shape index (κ1) is 17.5. The molecule has 2 saturated heterocycles. The van der Waals surface area contributed by atoms with Gasteiger partial charge in [-0.15, -0.1) is 0 Å².